The van der Waals surface area contributed by atoms with E-state index in [1.165, 1.54) is 16.4 Å². The number of rotatable bonds is 4. The van der Waals surface area contributed by atoms with E-state index in [9.17, 15) is 13.2 Å². The van der Waals surface area contributed by atoms with Gasteiger partial charge < -0.3 is 9.80 Å². The van der Waals surface area contributed by atoms with E-state index in [-0.39, 0.29) is 16.8 Å². The number of hydrogen-bond donors (Lipinski definition) is 0. The molecule has 0 N–H and O–H groups in total. The largest absolute Gasteiger partial charge is 0.373 e. The van der Waals surface area contributed by atoms with Gasteiger partial charge in [0, 0.05) is 51.0 Å². The third kappa shape index (κ3) is 3.91. The van der Waals surface area contributed by atoms with Gasteiger partial charge in [-0.3, -0.25) is 4.79 Å². The number of hydrogen-bond acceptors (Lipinski definition) is 4. The number of carbonyl (C=O) groups excluding carboxylic acids is 1. The van der Waals surface area contributed by atoms with Gasteiger partial charge in [0.1, 0.15) is 0 Å². The minimum Gasteiger partial charge on any atom is -0.373 e. The quantitative estimate of drug-likeness (QED) is 0.790. The van der Waals surface area contributed by atoms with Crippen molar-refractivity contribution >= 4 is 21.6 Å². The summed E-state index contributed by atoms with van der Waals surface area (Å²) in [5.41, 5.74) is 2.73. The first-order chi connectivity index (χ1) is 13.2. The van der Waals surface area contributed by atoms with Crippen LogP contribution in [0.15, 0.2) is 53.4 Å². The summed E-state index contributed by atoms with van der Waals surface area (Å²) in [5, 5.41) is 0. The van der Waals surface area contributed by atoms with Crippen molar-refractivity contribution < 1.29 is 13.2 Å². The van der Waals surface area contributed by atoms with Gasteiger partial charge in [-0.2, -0.15) is 4.31 Å². The highest BCUT2D eigenvalue weighted by Crippen LogP contribution is 2.25. The molecular formula is C21H27N3O3S. The second kappa shape index (κ2) is 7.93. The van der Waals surface area contributed by atoms with Crippen LogP contribution >= 0.6 is 0 Å². The van der Waals surface area contributed by atoms with Crippen LogP contribution in [0.1, 0.15) is 29.8 Å². The van der Waals surface area contributed by atoms with Crippen molar-refractivity contribution in [2.45, 2.75) is 31.3 Å². The molecule has 1 aliphatic heterocycles. The smallest absolute Gasteiger partial charge is 0.254 e. The summed E-state index contributed by atoms with van der Waals surface area (Å²) in [6.45, 7) is 5.54. The molecule has 3 rings (SSSR count). The Morgan fingerprint density at radius 3 is 2.32 bits per heavy atom. The molecule has 150 valence electrons. The van der Waals surface area contributed by atoms with Crippen LogP contribution in [0.5, 0.6) is 0 Å². The number of para-hydroxylation sites is 1. The summed E-state index contributed by atoms with van der Waals surface area (Å²) in [7, 11) is 0.0283. The number of amides is 1. The number of carbonyl (C=O) groups is 1. The van der Waals surface area contributed by atoms with Gasteiger partial charge >= 0.3 is 0 Å². The number of fused-ring (bicyclic) bond motifs is 1. The second-order valence-electron chi connectivity index (χ2n) is 7.42. The van der Waals surface area contributed by atoms with Crippen molar-refractivity contribution in [3.05, 3.63) is 59.7 Å². The molecular weight excluding hydrogens is 374 g/mol. The number of benzene rings is 2. The zero-order chi connectivity index (χ0) is 20.5. The van der Waals surface area contributed by atoms with Crippen LogP contribution in [0.25, 0.3) is 0 Å². The number of anilines is 1. The van der Waals surface area contributed by atoms with E-state index in [1.54, 1.807) is 19.2 Å². The molecule has 0 atom stereocenters. The molecule has 0 saturated heterocycles. The zero-order valence-electron chi connectivity index (χ0n) is 16.8. The number of sulfonamides is 1. The summed E-state index contributed by atoms with van der Waals surface area (Å²) < 4.78 is 26.5. The lowest BCUT2D eigenvalue weighted by molar-refractivity contribution is 0.0751. The summed E-state index contributed by atoms with van der Waals surface area (Å²) in [6.07, 6.45) is 0. The summed E-state index contributed by atoms with van der Waals surface area (Å²) in [5.74, 6) is -0.0914. The zero-order valence-corrected chi connectivity index (χ0v) is 17.6. The van der Waals surface area contributed by atoms with Gasteiger partial charge in [-0.15, -0.1) is 0 Å². The lowest BCUT2D eigenvalue weighted by Gasteiger charge is -2.22. The fraction of sp³-hybridized carbons (Fsp3) is 0.381. The van der Waals surface area contributed by atoms with Crippen LogP contribution in [0.3, 0.4) is 0 Å². The Morgan fingerprint density at radius 2 is 1.68 bits per heavy atom. The molecule has 0 fully saturated rings. The predicted molar refractivity (Wildman–Crippen MR) is 111 cm³/mol. The highest BCUT2D eigenvalue weighted by molar-refractivity contribution is 7.89. The van der Waals surface area contributed by atoms with Crippen LogP contribution in [-0.4, -0.2) is 56.8 Å². The van der Waals surface area contributed by atoms with Crippen molar-refractivity contribution in [3.8, 4) is 0 Å². The van der Waals surface area contributed by atoms with Crippen molar-refractivity contribution in [1.29, 1.82) is 0 Å². The lowest BCUT2D eigenvalue weighted by atomic mass is 10.1. The Bertz CT molecular complexity index is 955. The summed E-state index contributed by atoms with van der Waals surface area (Å²) in [4.78, 5) is 17.2. The first-order valence-corrected chi connectivity index (χ1v) is 10.8. The monoisotopic (exact) mass is 401 g/mol. The molecule has 0 saturated carbocycles. The summed E-state index contributed by atoms with van der Waals surface area (Å²) in [6, 6.07) is 14.2. The molecule has 28 heavy (non-hydrogen) atoms. The van der Waals surface area contributed by atoms with E-state index in [0.717, 1.165) is 17.8 Å². The molecule has 1 aliphatic rings. The highest BCUT2D eigenvalue weighted by Gasteiger charge is 2.25. The SMILES string of the molecule is CC(C)N(C)S(=O)(=O)c1ccc(C(=O)N2CCN(C)c3ccccc3C2)cc1. The molecule has 2 aromatic carbocycles. The number of nitrogens with zero attached hydrogens (tertiary/aromatic N) is 3. The minimum absolute atomic E-state index is 0.0914. The summed E-state index contributed by atoms with van der Waals surface area (Å²) >= 11 is 0. The van der Waals surface area contributed by atoms with Crippen LogP contribution in [-0.2, 0) is 16.6 Å². The molecule has 0 aromatic heterocycles. The van der Waals surface area contributed by atoms with E-state index in [4.69, 9.17) is 0 Å². The van der Waals surface area contributed by atoms with Gasteiger partial charge in [0.15, 0.2) is 0 Å². The van der Waals surface area contributed by atoms with Crippen molar-refractivity contribution in [2.75, 3.05) is 32.1 Å². The normalized spacial score (nSPS) is 14.9. The first-order valence-electron chi connectivity index (χ1n) is 9.38. The van der Waals surface area contributed by atoms with Crippen LogP contribution in [0.4, 0.5) is 5.69 Å². The molecule has 1 amide bonds. The Hall–Kier alpha value is -2.38. The first kappa shape index (κ1) is 20.4. The fourth-order valence-electron chi connectivity index (χ4n) is 3.26. The average Bonchev–Trinajstić information content (AvgIpc) is 2.86. The molecule has 0 bridgehead atoms. The molecule has 0 unspecified atom stereocenters. The topological polar surface area (TPSA) is 60.9 Å². The third-order valence-corrected chi connectivity index (χ3v) is 7.31. The van der Waals surface area contributed by atoms with E-state index >= 15 is 0 Å². The van der Waals surface area contributed by atoms with Gasteiger partial charge in [0.2, 0.25) is 10.0 Å². The molecule has 0 radical (unpaired) electrons. The molecule has 2 aromatic rings. The van der Waals surface area contributed by atoms with Gasteiger partial charge in [-0.05, 0) is 49.7 Å². The van der Waals surface area contributed by atoms with Crippen LogP contribution in [0, 0.1) is 0 Å². The predicted octanol–water partition coefficient (Wildman–Crippen LogP) is 2.81. The fourth-order valence-corrected chi connectivity index (χ4v) is 4.63. The average molecular weight is 402 g/mol. The molecule has 6 nitrogen and oxygen atoms in total. The van der Waals surface area contributed by atoms with E-state index < -0.39 is 10.0 Å². The van der Waals surface area contributed by atoms with Gasteiger partial charge in [-0.1, -0.05) is 18.2 Å². The maximum absolute atomic E-state index is 13.0. The van der Waals surface area contributed by atoms with Crippen LogP contribution < -0.4 is 4.90 Å². The molecule has 7 heteroatoms. The molecule has 0 aliphatic carbocycles. The molecule has 0 spiro atoms. The van der Waals surface area contributed by atoms with Crippen molar-refractivity contribution in [1.82, 2.24) is 9.21 Å². The third-order valence-electron chi connectivity index (χ3n) is 5.26. The lowest BCUT2D eigenvalue weighted by Crippen LogP contribution is -2.34. The maximum atomic E-state index is 13.0. The van der Waals surface area contributed by atoms with Crippen molar-refractivity contribution in [3.63, 3.8) is 0 Å². The highest BCUT2D eigenvalue weighted by atomic mass is 32.2. The maximum Gasteiger partial charge on any atom is 0.254 e. The number of likely N-dealkylation sites (N-methyl/N-ethyl adjacent to an activating group) is 1. The standard InChI is InChI=1S/C21H27N3O3S/c1-16(2)23(4)28(26,27)19-11-9-17(10-12-19)21(25)24-14-13-22(3)20-8-6-5-7-18(20)15-24/h5-12,16H,13-15H2,1-4H3. The second-order valence-corrected chi connectivity index (χ2v) is 9.41. The van der Waals surface area contributed by atoms with E-state index in [0.29, 0.717) is 18.7 Å². The Kier molecular flexibility index (Phi) is 5.76. The minimum atomic E-state index is -3.56. The van der Waals surface area contributed by atoms with Gasteiger partial charge in [-0.25, -0.2) is 8.42 Å². The molecule has 1 heterocycles. The van der Waals surface area contributed by atoms with Crippen molar-refractivity contribution in [2.24, 2.45) is 0 Å². The van der Waals surface area contributed by atoms with Gasteiger partial charge in [0.25, 0.3) is 5.91 Å². The van der Waals surface area contributed by atoms with Gasteiger partial charge in [0.05, 0.1) is 4.90 Å². The Labute approximate surface area is 167 Å². The Morgan fingerprint density at radius 1 is 1.04 bits per heavy atom. The van der Waals surface area contributed by atoms with Crippen LogP contribution in [0.2, 0.25) is 0 Å². The van der Waals surface area contributed by atoms with E-state index in [1.807, 2.05) is 44.0 Å². The van der Waals surface area contributed by atoms with E-state index in [2.05, 4.69) is 11.0 Å². The Balaban J connectivity index is 1.82.